The van der Waals surface area contributed by atoms with E-state index in [1.165, 1.54) is 25.3 Å². The second kappa shape index (κ2) is 6.81. The predicted octanol–water partition coefficient (Wildman–Crippen LogP) is 2.96. The molecule has 1 amide bonds. The Morgan fingerprint density at radius 1 is 1.14 bits per heavy atom. The number of benzene rings is 2. The molecule has 0 saturated heterocycles. The molecule has 108 valence electrons. The molecule has 0 fully saturated rings. The molecule has 0 aliphatic heterocycles. The maximum atomic E-state index is 13.5. The van der Waals surface area contributed by atoms with Crippen LogP contribution in [0.5, 0.6) is 5.75 Å². The van der Waals surface area contributed by atoms with Gasteiger partial charge in [-0.1, -0.05) is 24.3 Å². The Kier molecular flexibility index (Phi) is 4.84. The summed E-state index contributed by atoms with van der Waals surface area (Å²) in [5.74, 6) is -0.629. The number of halogens is 1. The molecule has 2 rings (SSSR count). The maximum absolute atomic E-state index is 13.5. The van der Waals surface area contributed by atoms with Gasteiger partial charge in [-0.3, -0.25) is 10.1 Å². The summed E-state index contributed by atoms with van der Waals surface area (Å²) in [4.78, 5) is 11.9. The summed E-state index contributed by atoms with van der Waals surface area (Å²) in [7, 11) is 1.53. The highest BCUT2D eigenvalue weighted by Gasteiger charge is 2.13. The van der Waals surface area contributed by atoms with E-state index in [1.54, 1.807) is 24.3 Å². The van der Waals surface area contributed by atoms with Crippen molar-refractivity contribution < 1.29 is 13.9 Å². The van der Waals surface area contributed by atoms with Gasteiger partial charge in [0.15, 0.2) is 5.11 Å². The lowest BCUT2D eigenvalue weighted by molar-refractivity contribution is 0.0974. The number of para-hydroxylation sites is 2. The smallest absolute Gasteiger partial charge is 0.260 e. The Morgan fingerprint density at radius 3 is 2.52 bits per heavy atom. The Morgan fingerprint density at radius 2 is 1.81 bits per heavy atom. The molecule has 6 heteroatoms. The Bertz CT molecular complexity index is 676. The van der Waals surface area contributed by atoms with E-state index in [4.69, 9.17) is 17.0 Å². The summed E-state index contributed by atoms with van der Waals surface area (Å²) in [6.45, 7) is 0. The van der Waals surface area contributed by atoms with Gasteiger partial charge in [0.25, 0.3) is 5.91 Å². The van der Waals surface area contributed by atoms with Crippen LogP contribution in [-0.2, 0) is 0 Å². The van der Waals surface area contributed by atoms with Gasteiger partial charge >= 0.3 is 0 Å². The van der Waals surface area contributed by atoms with Crippen LogP contribution in [0.1, 0.15) is 10.4 Å². The molecule has 0 aliphatic carbocycles. The van der Waals surface area contributed by atoms with Gasteiger partial charge in [0.1, 0.15) is 11.6 Å². The molecule has 0 bridgehead atoms. The fourth-order valence-electron chi connectivity index (χ4n) is 1.72. The first kappa shape index (κ1) is 14.9. The number of ether oxygens (including phenoxy) is 1. The summed E-state index contributed by atoms with van der Waals surface area (Å²) in [5, 5.41) is 5.32. The first-order valence-corrected chi connectivity index (χ1v) is 6.52. The van der Waals surface area contributed by atoms with Gasteiger partial charge in [-0.25, -0.2) is 4.39 Å². The van der Waals surface area contributed by atoms with E-state index >= 15 is 0 Å². The molecule has 0 atom stereocenters. The molecule has 2 N–H and O–H groups in total. The van der Waals surface area contributed by atoms with Crippen LogP contribution in [0, 0.1) is 5.82 Å². The highest BCUT2D eigenvalue weighted by atomic mass is 32.1. The molecule has 21 heavy (non-hydrogen) atoms. The van der Waals surface area contributed by atoms with Crippen LogP contribution in [0.4, 0.5) is 10.1 Å². The van der Waals surface area contributed by atoms with Crippen LogP contribution in [0.25, 0.3) is 0 Å². The van der Waals surface area contributed by atoms with E-state index in [0.29, 0.717) is 11.4 Å². The number of carbonyl (C=O) groups excluding carboxylic acids is 1. The maximum Gasteiger partial charge on any atom is 0.260 e. The molecule has 0 aliphatic rings. The number of thiocarbonyl (C=S) groups is 1. The molecule has 2 aromatic rings. The van der Waals surface area contributed by atoms with Gasteiger partial charge in [-0.2, -0.15) is 0 Å². The van der Waals surface area contributed by atoms with Gasteiger partial charge < -0.3 is 10.1 Å². The second-order valence-corrected chi connectivity index (χ2v) is 4.50. The molecule has 0 radical (unpaired) electrons. The average molecular weight is 304 g/mol. The van der Waals surface area contributed by atoms with Crippen molar-refractivity contribution in [3.8, 4) is 5.75 Å². The zero-order valence-electron chi connectivity index (χ0n) is 11.2. The van der Waals surface area contributed by atoms with Gasteiger partial charge in [0, 0.05) is 0 Å². The predicted molar refractivity (Wildman–Crippen MR) is 83.1 cm³/mol. The van der Waals surface area contributed by atoms with Gasteiger partial charge in [-0.05, 0) is 36.5 Å². The lowest BCUT2D eigenvalue weighted by atomic mass is 10.2. The first-order chi connectivity index (χ1) is 10.1. The molecular weight excluding hydrogens is 291 g/mol. The number of amides is 1. The van der Waals surface area contributed by atoms with Crippen molar-refractivity contribution in [3.63, 3.8) is 0 Å². The van der Waals surface area contributed by atoms with Crippen LogP contribution in [0.2, 0.25) is 0 Å². The fourth-order valence-corrected chi connectivity index (χ4v) is 1.92. The quantitative estimate of drug-likeness (QED) is 0.856. The van der Waals surface area contributed by atoms with Crippen molar-refractivity contribution in [2.45, 2.75) is 0 Å². The average Bonchev–Trinajstić information content (AvgIpc) is 2.48. The van der Waals surface area contributed by atoms with Crippen molar-refractivity contribution in [2.75, 3.05) is 12.4 Å². The molecule has 0 saturated carbocycles. The summed E-state index contributed by atoms with van der Waals surface area (Å²) in [6, 6.07) is 12.8. The summed E-state index contributed by atoms with van der Waals surface area (Å²) in [5.41, 5.74) is 0.542. The minimum Gasteiger partial charge on any atom is -0.495 e. The van der Waals surface area contributed by atoms with Gasteiger partial charge in [0.2, 0.25) is 0 Å². The van der Waals surface area contributed by atoms with E-state index in [1.807, 2.05) is 6.07 Å². The molecule has 0 aromatic heterocycles. The SMILES string of the molecule is COc1ccccc1NC(=S)NC(=O)c1ccccc1F. The topological polar surface area (TPSA) is 50.4 Å². The van der Waals surface area contributed by atoms with Crippen LogP contribution >= 0.6 is 12.2 Å². The molecule has 0 spiro atoms. The second-order valence-electron chi connectivity index (χ2n) is 4.09. The number of anilines is 1. The van der Waals surface area contributed by atoms with Crippen molar-refractivity contribution >= 4 is 28.9 Å². The highest BCUT2D eigenvalue weighted by Crippen LogP contribution is 2.22. The highest BCUT2D eigenvalue weighted by molar-refractivity contribution is 7.80. The summed E-state index contributed by atoms with van der Waals surface area (Å²) >= 11 is 5.04. The number of nitrogens with one attached hydrogen (secondary N) is 2. The Balaban J connectivity index is 2.05. The van der Waals surface area contributed by atoms with Gasteiger partial charge in [-0.15, -0.1) is 0 Å². The first-order valence-electron chi connectivity index (χ1n) is 6.11. The molecule has 0 unspecified atom stereocenters. The Labute approximate surface area is 126 Å². The molecule has 2 aromatic carbocycles. The lowest BCUT2D eigenvalue weighted by Gasteiger charge is -2.12. The van der Waals surface area contributed by atoms with Crippen LogP contribution in [-0.4, -0.2) is 18.1 Å². The largest absolute Gasteiger partial charge is 0.495 e. The number of methoxy groups -OCH3 is 1. The number of rotatable bonds is 3. The number of carbonyl (C=O) groups is 1. The zero-order chi connectivity index (χ0) is 15.2. The molecule has 4 nitrogen and oxygen atoms in total. The normalized spacial score (nSPS) is 9.81. The van der Waals surface area contributed by atoms with Crippen molar-refractivity contribution in [1.82, 2.24) is 5.32 Å². The third-order valence-corrected chi connectivity index (χ3v) is 2.90. The zero-order valence-corrected chi connectivity index (χ0v) is 12.0. The van der Waals surface area contributed by atoms with E-state index < -0.39 is 11.7 Å². The standard InChI is InChI=1S/C15H13FN2O2S/c1-20-13-9-5-4-8-12(13)17-15(21)18-14(19)10-6-2-3-7-11(10)16/h2-9H,1H3,(H2,17,18,19,21). The van der Waals surface area contributed by atoms with E-state index in [0.717, 1.165) is 0 Å². The van der Waals surface area contributed by atoms with Crippen LogP contribution < -0.4 is 15.4 Å². The number of hydrogen-bond donors (Lipinski definition) is 2. The fraction of sp³-hybridized carbons (Fsp3) is 0.0667. The van der Waals surface area contributed by atoms with Crippen molar-refractivity contribution in [2.24, 2.45) is 0 Å². The van der Waals surface area contributed by atoms with Crippen molar-refractivity contribution in [1.29, 1.82) is 0 Å². The molecular formula is C15H13FN2O2S. The molecule has 0 heterocycles. The summed E-state index contributed by atoms with van der Waals surface area (Å²) < 4.78 is 18.7. The minimum atomic E-state index is -0.611. The van der Waals surface area contributed by atoms with E-state index in [9.17, 15) is 9.18 Å². The Hall–Kier alpha value is -2.47. The van der Waals surface area contributed by atoms with E-state index in [-0.39, 0.29) is 10.7 Å². The number of hydrogen-bond acceptors (Lipinski definition) is 3. The minimum absolute atomic E-state index is 0.0627. The van der Waals surface area contributed by atoms with E-state index in [2.05, 4.69) is 10.6 Å². The van der Waals surface area contributed by atoms with Gasteiger partial charge in [0.05, 0.1) is 18.4 Å². The third-order valence-electron chi connectivity index (χ3n) is 2.70. The lowest BCUT2D eigenvalue weighted by Crippen LogP contribution is -2.34. The van der Waals surface area contributed by atoms with Crippen LogP contribution in [0.15, 0.2) is 48.5 Å². The van der Waals surface area contributed by atoms with Crippen molar-refractivity contribution in [3.05, 3.63) is 59.9 Å². The third kappa shape index (κ3) is 3.76. The van der Waals surface area contributed by atoms with Crippen LogP contribution in [0.3, 0.4) is 0 Å². The monoisotopic (exact) mass is 304 g/mol. The summed E-state index contributed by atoms with van der Waals surface area (Å²) in [6.07, 6.45) is 0.